The van der Waals surface area contributed by atoms with Gasteiger partial charge in [-0.1, -0.05) is 25.5 Å². The van der Waals surface area contributed by atoms with Crippen LogP contribution in [0.1, 0.15) is 44.9 Å². The number of esters is 1. The molecule has 4 bridgehead atoms. The molecule has 0 unspecified atom stereocenters. The first kappa shape index (κ1) is 17.0. The minimum atomic E-state index is -9.51. The third-order valence-electron chi connectivity index (χ3n) is 5.34. The fourth-order valence-corrected chi connectivity index (χ4v) is 5.48. The lowest BCUT2D eigenvalue weighted by Crippen LogP contribution is -2.50. The van der Waals surface area contributed by atoms with E-state index in [1.165, 1.54) is 0 Å². The lowest BCUT2D eigenvalue weighted by Gasteiger charge is -2.55. The summed E-state index contributed by atoms with van der Waals surface area (Å²) in [5.41, 5.74) is -0.474. The van der Waals surface area contributed by atoms with Crippen molar-refractivity contribution in [1.82, 2.24) is 0 Å². The van der Waals surface area contributed by atoms with Gasteiger partial charge in [-0.15, -0.1) is 0 Å². The van der Waals surface area contributed by atoms with Crippen LogP contribution >= 0.6 is 10.2 Å². The number of hydrogen-bond acceptors (Lipinski definition) is 2. The molecule has 0 aliphatic heterocycles. The Morgan fingerprint density at radius 3 is 1.91 bits per heavy atom. The summed E-state index contributed by atoms with van der Waals surface area (Å²) in [5.74, 6) is 1.32. The molecule has 4 saturated carbocycles. The Labute approximate surface area is 132 Å². The highest BCUT2D eigenvalue weighted by atomic mass is 32.5. The van der Waals surface area contributed by atoms with Crippen molar-refractivity contribution in [2.45, 2.75) is 44.9 Å². The Bertz CT molecular complexity index is 504. The van der Waals surface area contributed by atoms with Gasteiger partial charge < -0.3 is 4.74 Å². The molecule has 0 aromatic heterocycles. The average molecular weight is 360 g/mol. The second-order valence-electron chi connectivity index (χ2n) is 7.52. The molecule has 2 nitrogen and oxygen atoms in total. The van der Waals surface area contributed by atoms with Crippen LogP contribution in [0.3, 0.4) is 0 Å². The summed E-state index contributed by atoms with van der Waals surface area (Å²) < 4.78 is 65.7. The summed E-state index contributed by atoms with van der Waals surface area (Å²) >= 11 is 0. The smallest absolute Gasteiger partial charge is 0.312 e. The van der Waals surface area contributed by atoms with Crippen LogP contribution in [0.2, 0.25) is 0 Å². The van der Waals surface area contributed by atoms with Crippen LogP contribution in [-0.2, 0) is 9.53 Å². The third kappa shape index (κ3) is 4.19. The highest BCUT2D eigenvalue weighted by Gasteiger charge is 2.60. The Hall–Kier alpha value is -0.790. The Kier molecular flexibility index (Phi) is 3.44. The molecule has 0 aromatic rings. The molecular formula is C15H21F5O2S. The first-order valence-electron chi connectivity index (χ1n) is 7.93. The van der Waals surface area contributed by atoms with E-state index >= 15 is 0 Å². The highest BCUT2D eigenvalue weighted by molar-refractivity contribution is 8.48. The summed E-state index contributed by atoms with van der Waals surface area (Å²) in [6.45, 7) is -0.287. The van der Waals surface area contributed by atoms with E-state index in [2.05, 4.69) is 0 Å². The van der Waals surface area contributed by atoms with E-state index in [1.807, 2.05) is 0 Å². The van der Waals surface area contributed by atoms with Crippen LogP contribution in [0.15, 0.2) is 11.5 Å². The van der Waals surface area contributed by atoms with Crippen LogP contribution in [0.4, 0.5) is 19.4 Å². The van der Waals surface area contributed by atoms with Gasteiger partial charge in [-0.05, 0) is 56.3 Å². The SMILES string of the molecule is O=C(OCC/C=C\S(F)(F)(F)(F)F)C12CC3CC(CC(C3)C1)C2. The summed E-state index contributed by atoms with van der Waals surface area (Å²) in [4.78, 5) is 12.4. The van der Waals surface area contributed by atoms with E-state index in [-0.39, 0.29) is 19.0 Å². The normalized spacial score (nSPS) is 39.3. The minimum Gasteiger partial charge on any atom is -0.465 e. The van der Waals surface area contributed by atoms with Crippen molar-refractivity contribution in [3.05, 3.63) is 11.5 Å². The lowest BCUT2D eigenvalue weighted by molar-refractivity contribution is -0.171. The average Bonchev–Trinajstić information content (AvgIpc) is 2.33. The van der Waals surface area contributed by atoms with Gasteiger partial charge in [-0.2, -0.15) is 0 Å². The van der Waals surface area contributed by atoms with Gasteiger partial charge in [-0.25, -0.2) is 0 Å². The quantitative estimate of drug-likeness (QED) is 0.344. The maximum atomic E-state index is 12.4. The molecule has 0 aromatic carbocycles. The van der Waals surface area contributed by atoms with Gasteiger partial charge in [-0.3, -0.25) is 4.79 Å². The first-order valence-corrected chi connectivity index (χ1v) is 9.95. The van der Waals surface area contributed by atoms with Gasteiger partial charge in [0.2, 0.25) is 0 Å². The molecule has 4 fully saturated rings. The predicted molar refractivity (Wildman–Crippen MR) is 78.5 cm³/mol. The van der Waals surface area contributed by atoms with E-state index in [0.717, 1.165) is 38.5 Å². The van der Waals surface area contributed by atoms with E-state index in [0.29, 0.717) is 23.8 Å². The third-order valence-corrected chi connectivity index (χ3v) is 6.05. The summed E-state index contributed by atoms with van der Waals surface area (Å²) in [6.07, 6.45) is 5.90. The molecule has 0 radical (unpaired) electrons. The van der Waals surface area contributed by atoms with Gasteiger partial charge in [0.05, 0.1) is 17.4 Å². The van der Waals surface area contributed by atoms with Crippen molar-refractivity contribution >= 4 is 16.2 Å². The monoisotopic (exact) mass is 360 g/mol. The Balaban J connectivity index is 1.52. The molecule has 134 valence electrons. The number of carbonyl (C=O) groups excluding carboxylic acids is 1. The summed E-state index contributed by atoms with van der Waals surface area (Å²) in [5, 5.41) is -0.974. The summed E-state index contributed by atoms with van der Waals surface area (Å²) in [7, 11) is -9.51. The molecule has 4 aliphatic carbocycles. The molecule has 4 aliphatic rings. The van der Waals surface area contributed by atoms with Crippen LogP contribution in [0.5, 0.6) is 0 Å². The second-order valence-corrected chi connectivity index (χ2v) is 9.85. The van der Waals surface area contributed by atoms with E-state index in [9.17, 15) is 24.2 Å². The molecule has 8 heteroatoms. The van der Waals surface area contributed by atoms with Crippen molar-refractivity contribution in [3.63, 3.8) is 0 Å². The van der Waals surface area contributed by atoms with Crippen molar-refractivity contribution in [2.75, 3.05) is 6.61 Å². The zero-order valence-electron chi connectivity index (χ0n) is 12.7. The number of rotatable bonds is 5. The molecule has 0 atom stereocenters. The largest absolute Gasteiger partial charge is 0.465 e. The van der Waals surface area contributed by atoms with Gasteiger partial charge in [0, 0.05) is 6.42 Å². The molecule has 0 amide bonds. The van der Waals surface area contributed by atoms with E-state index in [1.54, 1.807) is 0 Å². The fourth-order valence-electron chi connectivity index (χ4n) is 4.98. The van der Waals surface area contributed by atoms with E-state index in [4.69, 9.17) is 4.74 Å². The first-order chi connectivity index (χ1) is 10.3. The lowest BCUT2D eigenvalue weighted by atomic mass is 9.49. The fraction of sp³-hybridized carbons (Fsp3) is 0.800. The number of ether oxygens (including phenoxy) is 1. The number of carbonyl (C=O) groups is 1. The topological polar surface area (TPSA) is 26.3 Å². The number of halogens is 5. The van der Waals surface area contributed by atoms with Crippen molar-refractivity contribution < 1.29 is 29.0 Å². The predicted octanol–water partition coefficient (Wildman–Crippen LogP) is 5.95. The van der Waals surface area contributed by atoms with Gasteiger partial charge >= 0.3 is 16.2 Å². The van der Waals surface area contributed by atoms with Crippen molar-refractivity contribution in [3.8, 4) is 0 Å². The van der Waals surface area contributed by atoms with Crippen LogP contribution in [0.25, 0.3) is 0 Å². The van der Waals surface area contributed by atoms with Gasteiger partial charge in [0.15, 0.2) is 0 Å². The standard InChI is InChI=1S/C15H21F5O2S/c16-23(17,18,19,20)4-2-1-3-22-14(21)15-8-11-5-12(9-15)7-13(6-11)10-15/h2,4,11-13H,1,3,5-10H2/b4-2-. The van der Waals surface area contributed by atoms with Crippen molar-refractivity contribution in [2.24, 2.45) is 23.2 Å². The zero-order valence-corrected chi connectivity index (χ0v) is 13.5. The van der Waals surface area contributed by atoms with Crippen LogP contribution in [0, 0.1) is 23.2 Å². The Morgan fingerprint density at radius 2 is 1.48 bits per heavy atom. The number of hydrogen-bond donors (Lipinski definition) is 0. The minimum absolute atomic E-state index is 0.287. The molecule has 0 heterocycles. The van der Waals surface area contributed by atoms with E-state index < -0.39 is 21.0 Å². The zero-order chi connectivity index (χ0) is 17.0. The molecule has 23 heavy (non-hydrogen) atoms. The van der Waals surface area contributed by atoms with Gasteiger partial charge in [0.1, 0.15) is 0 Å². The molecule has 0 N–H and O–H groups in total. The molecule has 0 spiro atoms. The van der Waals surface area contributed by atoms with Crippen LogP contribution in [-0.4, -0.2) is 12.6 Å². The maximum Gasteiger partial charge on any atom is 0.312 e. The molecular weight excluding hydrogens is 339 g/mol. The Morgan fingerprint density at radius 1 is 1.00 bits per heavy atom. The molecule has 4 rings (SSSR count). The second kappa shape index (κ2) is 4.64. The maximum absolute atomic E-state index is 12.4. The highest BCUT2D eigenvalue weighted by Crippen LogP contribution is 2.98. The molecule has 0 saturated heterocycles. The van der Waals surface area contributed by atoms with Gasteiger partial charge in [0.25, 0.3) is 0 Å². The summed E-state index contributed by atoms with van der Waals surface area (Å²) in [6, 6.07) is 0. The van der Waals surface area contributed by atoms with Crippen LogP contribution < -0.4 is 0 Å². The van der Waals surface area contributed by atoms with Crippen molar-refractivity contribution in [1.29, 1.82) is 0 Å².